The molecule has 0 atom stereocenters. The number of carbonyl (C=O) groups excluding carboxylic acids is 1. The van der Waals surface area contributed by atoms with Gasteiger partial charge in [-0.05, 0) is 45.2 Å². The van der Waals surface area contributed by atoms with Gasteiger partial charge < -0.3 is 24.4 Å². The van der Waals surface area contributed by atoms with Crippen LogP contribution in [0.5, 0.6) is 0 Å². The van der Waals surface area contributed by atoms with Crippen LogP contribution in [-0.2, 0) is 28.9 Å². The Balaban J connectivity index is 0.000000531. The van der Waals surface area contributed by atoms with E-state index in [4.69, 9.17) is 9.72 Å². The van der Waals surface area contributed by atoms with Crippen molar-refractivity contribution in [2.75, 3.05) is 56.7 Å². The number of piperidine rings is 1. The van der Waals surface area contributed by atoms with Crippen molar-refractivity contribution in [3.63, 3.8) is 0 Å². The number of aromatic nitrogens is 4. The van der Waals surface area contributed by atoms with Crippen LogP contribution >= 0.6 is 0 Å². The number of anilines is 2. The fourth-order valence-electron chi connectivity index (χ4n) is 5.37. The Labute approximate surface area is 227 Å². The lowest BCUT2D eigenvalue weighted by molar-refractivity contribution is -0.116. The number of nitrogens with zero attached hydrogens (tertiary/aromatic N) is 6. The molecule has 39 heavy (non-hydrogen) atoms. The Bertz CT molecular complexity index is 1110. The van der Waals surface area contributed by atoms with Crippen molar-refractivity contribution < 1.29 is 22.7 Å². The van der Waals surface area contributed by atoms with Crippen molar-refractivity contribution in [2.24, 2.45) is 0 Å². The predicted molar refractivity (Wildman–Crippen MR) is 143 cm³/mol. The van der Waals surface area contributed by atoms with Gasteiger partial charge in [0.2, 0.25) is 5.91 Å². The van der Waals surface area contributed by atoms with Crippen LogP contribution in [0.3, 0.4) is 0 Å². The Morgan fingerprint density at radius 2 is 1.85 bits per heavy atom. The fraction of sp³-hybridized carbons (Fsp3) is 0.630. The Morgan fingerprint density at radius 3 is 2.51 bits per heavy atom. The number of hydrogen-bond donors (Lipinski definition) is 1. The number of likely N-dealkylation sites (tertiary alicyclic amines) is 1. The first kappa shape index (κ1) is 29.0. The summed E-state index contributed by atoms with van der Waals surface area (Å²) in [7, 11) is 1.75. The quantitative estimate of drug-likeness (QED) is 0.499. The van der Waals surface area contributed by atoms with E-state index in [2.05, 4.69) is 42.4 Å². The van der Waals surface area contributed by atoms with Crippen LogP contribution in [0.15, 0.2) is 25.2 Å². The number of carbonyl (C=O) groups is 1. The van der Waals surface area contributed by atoms with Gasteiger partial charge in [-0.1, -0.05) is 6.58 Å². The molecule has 0 aromatic carbocycles. The number of halogens is 3. The fourth-order valence-corrected chi connectivity index (χ4v) is 5.37. The first-order valence-corrected chi connectivity index (χ1v) is 13.6. The number of methoxy groups -OCH3 is 1. The summed E-state index contributed by atoms with van der Waals surface area (Å²) in [6.45, 7) is 9.65. The van der Waals surface area contributed by atoms with Crippen molar-refractivity contribution in [1.29, 1.82) is 0 Å². The molecule has 0 saturated carbocycles. The van der Waals surface area contributed by atoms with Gasteiger partial charge in [-0.3, -0.25) is 4.79 Å². The summed E-state index contributed by atoms with van der Waals surface area (Å²) >= 11 is 0. The maximum atomic E-state index is 11.7. The molecule has 9 nitrogen and oxygen atoms in total. The largest absolute Gasteiger partial charge is 0.409 e. The zero-order chi connectivity index (χ0) is 27.8. The average Bonchev–Trinajstić information content (AvgIpc) is 3.60. The SMILES string of the molecule is C=CC(F)(F)F.COCCc1cn(CCN2CCCC2)c(C2CCN(c3ncnc4c3CCC(=O)N4)CC2)n1. The molecule has 5 heterocycles. The smallest absolute Gasteiger partial charge is 0.384 e. The second-order valence-corrected chi connectivity index (χ2v) is 10.2. The van der Waals surface area contributed by atoms with Crippen LogP contribution < -0.4 is 10.2 Å². The number of rotatable bonds is 8. The molecule has 2 aromatic rings. The number of alkyl halides is 3. The van der Waals surface area contributed by atoms with Gasteiger partial charge in [-0.2, -0.15) is 13.2 Å². The van der Waals surface area contributed by atoms with Gasteiger partial charge in [0.1, 0.15) is 23.8 Å². The summed E-state index contributed by atoms with van der Waals surface area (Å²) in [5, 5.41) is 2.89. The van der Waals surface area contributed by atoms with Gasteiger partial charge in [-0.25, -0.2) is 15.0 Å². The molecule has 3 aliphatic rings. The molecule has 1 N–H and O–H groups in total. The summed E-state index contributed by atoms with van der Waals surface area (Å²) in [4.78, 5) is 30.6. The molecule has 5 rings (SSSR count). The second-order valence-electron chi connectivity index (χ2n) is 10.2. The van der Waals surface area contributed by atoms with E-state index < -0.39 is 6.18 Å². The van der Waals surface area contributed by atoms with Gasteiger partial charge in [0.15, 0.2) is 0 Å². The minimum absolute atomic E-state index is 0.0379. The lowest BCUT2D eigenvalue weighted by Gasteiger charge is -2.34. The summed E-state index contributed by atoms with van der Waals surface area (Å²) in [5.41, 5.74) is 2.21. The van der Waals surface area contributed by atoms with E-state index >= 15 is 0 Å². The molecule has 2 fully saturated rings. The summed E-state index contributed by atoms with van der Waals surface area (Å²) in [6.07, 6.45) is 6.38. The van der Waals surface area contributed by atoms with Gasteiger partial charge in [0.05, 0.1) is 12.3 Å². The van der Waals surface area contributed by atoms with Gasteiger partial charge >= 0.3 is 6.18 Å². The van der Waals surface area contributed by atoms with Crippen LogP contribution in [0.2, 0.25) is 0 Å². The zero-order valence-corrected chi connectivity index (χ0v) is 22.5. The minimum atomic E-state index is -4.19. The third-order valence-corrected chi connectivity index (χ3v) is 7.45. The summed E-state index contributed by atoms with van der Waals surface area (Å²) < 4.78 is 39.7. The first-order chi connectivity index (χ1) is 18.8. The summed E-state index contributed by atoms with van der Waals surface area (Å²) in [5.74, 6) is 3.39. The first-order valence-electron chi connectivity index (χ1n) is 13.6. The average molecular weight is 550 g/mol. The lowest BCUT2D eigenvalue weighted by atomic mass is 9.95. The molecule has 0 spiro atoms. The molecule has 0 unspecified atom stereocenters. The number of hydrogen-bond acceptors (Lipinski definition) is 7. The van der Waals surface area contributed by atoms with E-state index in [9.17, 15) is 18.0 Å². The van der Waals surface area contributed by atoms with E-state index in [-0.39, 0.29) is 12.0 Å². The highest BCUT2D eigenvalue weighted by Gasteiger charge is 2.29. The number of fused-ring (bicyclic) bond motifs is 1. The third-order valence-electron chi connectivity index (χ3n) is 7.45. The zero-order valence-electron chi connectivity index (χ0n) is 22.5. The van der Waals surface area contributed by atoms with Gasteiger partial charge in [0.25, 0.3) is 0 Å². The Hall–Kier alpha value is -2.99. The molecule has 214 valence electrons. The van der Waals surface area contributed by atoms with Crippen molar-refractivity contribution in [3.8, 4) is 0 Å². The van der Waals surface area contributed by atoms with Gasteiger partial charge in [-0.15, -0.1) is 0 Å². The van der Waals surface area contributed by atoms with E-state index in [1.165, 1.54) is 31.8 Å². The maximum absolute atomic E-state index is 11.7. The molecule has 2 aromatic heterocycles. The topological polar surface area (TPSA) is 88.4 Å². The third kappa shape index (κ3) is 8.01. The van der Waals surface area contributed by atoms with Crippen molar-refractivity contribution in [3.05, 3.63) is 42.3 Å². The highest BCUT2D eigenvalue weighted by Crippen LogP contribution is 2.34. The van der Waals surface area contributed by atoms with E-state index in [1.54, 1.807) is 13.4 Å². The second kappa shape index (κ2) is 13.4. The number of allylic oxidation sites excluding steroid dienone is 1. The highest BCUT2D eigenvalue weighted by molar-refractivity contribution is 5.93. The van der Waals surface area contributed by atoms with Crippen LogP contribution in [0.4, 0.5) is 24.8 Å². The normalized spacial score (nSPS) is 18.4. The molecule has 0 radical (unpaired) electrons. The molecule has 12 heteroatoms. The number of nitrogens with one attached hydrogen (secondary N) is 1. The molecular formula is C27H38F3N7O2. The summed E-state index contributed by atoms with van der Waals surface area (Å²) in [6, 6.07) is 0. The molecule has 1 amide bonds. The molecule has 0 bridgehead atoms. The highest BCUT2D eigenvalue weighted by atomic mass is 19.4. The molecule has 2 saturated heterocycles. The predicted octanol–water partition coefficient (Wildman–Crippen LogP) is 3.96. The minimum Gasteiger partial charge on any atom is -0.384 e. The van der Waals surface area contributed by atoms with E-state index in [0.29, 0.717) is 31.2 Å². The van der Waals surface area contributed by atoms with Crippen LogP contribution in [0.25, 0.3) is 0 Å². The van der Waals surface area contributed by atoms with E-state index in [1.807, 2.05) is 0 Å². The van der Waals surface area contributed by atoms with Crippen LogP contribution in [0, 0.1) is 0 Å². The van der Waals surface area contributed by atoms with E-state index in [0.717, 1.165) is 62.5 Å². The van der Waals surface area contributed by atoms with Crippen LogP contribution in [-0.4, -0.2) is 82.9 Å². The number of amides is 1. The molecule has 3 aliphatic heterocycles. The Kier molecular flexibility index (Phi) is 9.95. The number of imidazole rings is 1. The molecule has 0 aliphatic carbocycles. The maximum Gasteiger partial charge on any atom is 0.409 e. The van der Waals surface area contributed by atoms with Crippen LogP contribution in [0.1, 0.15) is 55.1 Å². The van der Waals surface area contributed by atoms with Crippen molar-refractivity contribution in [2.45, 2.75) is 63.6 Å². The molecular weight excluding hydrogens is 511 g/mol. The van der Waals surface area contributed by atoms with Crippen molar-refractivity contribution in [1.82, 2.24) is 24.4 Å². The monoisotopic (exact) mass is 549 g/mol. The number of ether oxygens (including phenoxy) is 1. The lowest BCUT2D eigenvalue weighted by Crippen LogP contribution is -2.36. The standard InChI is InChI=1S/C24H35N7O2.C3H3F3/c1-33-15-8-19-16-31(14-13-29-9-2-3-10-29)23(27-19)18-6-11-30(12-7-18)24-20-4-5-21(32)28-22(20)25-17-26-24;1-2-3(4,5)6/h16-18H,2-15H2,1H3,(H,25,26,28,32);2H,1H2. The Morgan fingerprint density at radius 1 is 1.13 bits per heavy atom. The van der Waals surface area contributed by atoms with Crippen molar-refractivity contribution >= 4 is 17.5 Å². The van der Waals surface area contributed by atoms with Gasteiger partial charge in [0, 0.05) is 69.9 Å².